The Hall–Kier alpha value is -0.0800. The molecule has 2 aliphatic rings. The van der Waals surface area contributed by atoms with E-state index >= 15 is 0 Å². The molecule has 0 spiro atoms. The summed E-state index contributed by atoms with van der Waals surface area (Å²) in [5.41, 5.74) is 0. The SMILES string of the molecule is CCCOC1CCC(C2CCC(O)CC2)CC1. The third-order valence-electron chi connectivity index (χ3n) is 4.68. The van der Waals surface area contributed by atoms with Crippen LogP contribution in [-0.4, -0.2) is 23.9 Å². The molecule has 2 fully saturated rings. The Morgan fingerprint density at radius 1 is 0.882 bits per heavy atom. The van der Waals surface area contributed by atoms with Crippen molar-refractivity contribution in [2.75, 3.05) is 6.61 Å². The number of hydrogen-bond donors (Lipinski definition) is 1. The Labute approximate surface area is 106 Å². The molecule has 0 aromatic heterocycles. The molecule has 2 saturated carbocycles. The summed E-state index contributed by atoms with van der Waals surface area (Å²) in [4.78, 5) is 0. The van der Waals surface area contributed by atoms with E-state index in [0.717, 1.165) is 37.7 Å². The fraction of sp³-hybridized carbons (Fsp3) is 1.00. The maximum atomic E-state index is 9.54. The largest absolute Gasteiger partial charge is 0.393 e. The van der Waals surface area contributed by atoms with E-state index in [0.29, 0.717) is 6.10 Å². The predicted octanol–water partition coefficient (Wildman–Crippen LogP) is 3.52. The van der Waals surface area contributed by atoms with Gasteiger partial charge < -0.3 is 9.84 Å². The van der Waals surface area contributed by atoms with Crippen LogP contribution in [0.15, 0.2) is 0 Å². The molecule has 0 atom stereocenters. The lowest BCUT2D eigenvalue weighted by molar-refractivity contribution is 0.00356. The third kappa shape index (κ3) is 3.96. The van der Waals surface area contributed by atoms with Crippen LogP contribution in [0.2, 0.25) is 0 Å². The van der Waals surface area contributed by atoms with Gasteiger partial charge in [-0.1, -0.05) is 6.92 Å². The Morgan fingerprint density at radius 2 is 1.41 bits per heavy atom. The first kappa shape index (κ1) is 13.4. The van der Waals surface area contributed by atoms with E-state index in [1.807, 2.05) is 0 Å². The fourth-order valence-corrected chi connectivity index (χ4v) is 3.58. The van der Waals surface area contributed by atoms with E-state index in [1.54, 1.807) is 0 Å². The van der Waals surface area contributed by atoms with Gasteiger partial charge in [0.15, 0.2) is 0 Å². The van der Waals surface area contributed by atoms with Crippen molar-refractivity contribution >= 4 is 0 Å². The summed E-state index contributed by atoms with van der Waals surface area (Å²) in [6, 6.07) is 0. The molecule has 0 bridgehead atoms. The molecular weight excluding hydrogens is 212 g/mol. The fourth-order valence-electron chi connectivity index (χ4n) is 3.58. The Balaban J connectivity index is 1.68. The maximum Gasteiger partial charge on any atom is 0.0575 e. The molecule has 2 aliphatic carbocycles. The highest BCUT2D eigenvalue weighted by Crippen LogP contribution is 2.38. The number of ether oxygens (including phenoxy) is 1. The number of aliphatic hydroxyl groups is 1. The van der Waals surface area contributed by atoms with Gasteiger partial charge in [0.05, 0.1) is 12.2 Å². The van der Waals surface area contributed by atoms with Crippen LogP contribution >= 0.6 is 0 Å². The minimum Gasteiger partial charge on any atom is -0.393 e. The monoisotopic (exact) mass is 240 g/mol. The van der Waals surface area contributed by atoms with E-state index in [2.05, 4.69) is 6.92 Å². The lowest BCUT2D eigenvalue weighted by Gasteiger charge is -2.36. The highest BCUT2D eigenvalue weighted by atomic mass is 16.5. The summed E-state index contributed by atoms with van der Waals surface area (Å²) in [6.45, 7) is 3.12. The molecule has 17 heavy (non-hydrogen) atoms. The van der Waals surface area contributed by atoms with Crippen LogP contribution in [0.4, 0.5) is 0 Å². The molecule has 0 unspecified atom stereocenters. The van der Waals surface area contributed by atoms with Crippen LogP contribution in [0.1, 0.15) is 64.7 Å². The van der Waals surface area contributed by atoms with Crippen LogP contribution in [0, 0.1) is 11.8 Å². The zero-order chi connectivity index (χ0) is 12.1. The average molecular weight is 240 g/mol. The Bertz CT molecular complexity index is 201. The van der Waals surface area contributed by atoms with Crippen LogP contribution in [-0.2, 0) is 4.74 Å². The van der Waals surface area contributed by atoms with E-state index < -0.39 is 0 Å². The maximum absolute atomic E-state index is 9.54. The third-order valence-corrected chi connectivity index (χ3v) is 4.68. The number of aliphatic hydroxyl groups excluding tert-OH is 1. The lowest BCUT2D eigenvalue weighted by atomic mass is 9.72. The van der Waals surface area contributed by atoms with Crippen LogP contribution in [0.25, 0.3) is 0 Å². The van der Waals surface area contributed by atoms with Gasteiger partial charge in [0.2, 0.25) is 0 Å². The van der Waals surface area contributed by atoms with E-state index in [9.17, 15) is 5.11 Å². The van der Waals surface area contributed by atoms with Crippen LogP contribution < -0.4 is 0 Å². The van der Waals surface area contributed by atoms with Gasteiger partial charge in [-0.25, -0.2) is 0 Å². The molecule has 0 aromatic carbocycles. The highest BCUT2D eigenvalue weighted by molar-refractivity contribution is 4.82. The van der Waals surface area contributed by atoms with Crippen molar-refractivity contribution in [1.29, 1.82) is 0 Å². The van der Waals surface area contributed by atoms with Crippen molar-refractivity contribution in [3.63, 3.8) is 0 Å². The van der Waals surface area contributed by atoms with Crippen molar-refractivity contribution in [1.82, 2.24) is 0 Å². The Morgan fingerprint density at radius 3 is 1.94 bits per heavy atom. The first-order chi connectivity index (χ1) is 8.29. The van der Waals surface area contributed by atoms with Gasteiger partial charge >= 0.3 is 0 Å². The van der Waals surface area contributed by atoms with Crippen molar-refractivity contribution in [2.45, 2.75) is 76.9 Å². The standard InChI is InChI=1S/C15H28O2/c1-2-11-17-15-9-5-13(6-10-15)12-3-7-14(16)8-4-12/h12-16H,2-11H2,1H3. The summed E-state index contributed by atoms with van der Waals surface area (Å²) in [6.07, 6.45) is 11.5. The molecule has 0 aliphatic heterocycles. The summed E-state index contributed by atoms with van der Waals surface area (Å²) < 4.78 is 5.84. The molecule has 2 rings (SSSR count). The van der Waals surface area contributed by atoms with E-state index in [1.165, 1.54) is 38.5 Å². The molecule has 0 radical (unpaired) electrons. The molecule has 0 saturated heterocycles. The van der Waals surface area contributed by atoms with Gasteiger partial charge in [-0.05, 0) is 69.6 Å². The topological polar surface area (TPSA) is 29.5 Å². The second-order valence-corrected chi connectivity index (χ2v) is 5.98. The van der Waals surface area contributed by atoms with Crippen molar-refractivity contribution < 1.29 is 9.84 Å². The smallest absolute Gasteiger partial charge is 0.0575 e. The molecule has 2 heteroatoms. The quantitative estimate of drug-likeness (QED) is 0.814. The van der Waals surface area contributed by atoms with Gasteiger partial charge in [0.1, 0.15) is 0 Å². The zero-order valence-electron chi connectivity index (χ0n) is 11.2. The predicted molar refractivity (Wildman–Crippen MR) is 70.0 cm³/mol. The van der Waals surface area contributed by atoms with E-state index in [-0.39, 0.29) is 6.10 Å². The second-order valence-electron chi connectivity index (χ2n) is 5.98. The summed E-state index contributed by atoms with van der Waals surface area (Å²) in [7, 11) is 0. The Kier molecular flexibility index (Phi) is 5.30. The molecular formula is C15H28O2. The van der Waals surface area contributed by atoms with Crippen molar-refractivity contribution in [2.24, 2.45) is 11.8 Å². The number of rotatable bonds is 4. The molecule has 100 valence electrons. The minimum absolute atomic E-state index is 0.00419. The van der Waals surface area contributed by atoms with Crippen molar-refractivity contribution in [3.8, 4) is 0 Å². The van der Waals surface area contributed by atoms with Gasteiger partial charge in [-0.3, -0.25) is 0 Å². The number of hydrogen-bond acceptors (Lipinski definition) is 2. The zero-order valence-corrected chi connectivity index (χ0v) is 11.2. The van der Waals surface area contributed by atoms with Crippen LogP contribution in [0.5, 0.6) is 0 Å². The normalized spacial score (nSPS) is 39.2. The van der Waals surface area contributed by atoms with Gasteiger partial charge in [-0.2, -0.15) is 0 Å². The van der Waals surface area contributed by atoms with E-state index in [4.69, 9.17) is 4.74 Å². The van der Waals surface area contributed by atoms with Gasteiger partial charge in [0.25, 0.3) is 0 Å². The van der Waals surface area contributed by atoms with Crippen molar-refractivity contribution in [3.05, 3.63) is 0 Å². The first-order valence-electron chi connectivity index (χ1n) is 7.59. The summed E-state index contributed by atoms with van der Waals surface area (Å²) >= 11 is 0. The van der Waals surface area contributed by atoms with Crippen LogP contribution in [0.3, 0.4) is 0 Å². The summed E-state index contributed by atoms with van der Waals surface area (Å²) in [5, 5.41) is 9.54. The first-order valence-corrected chi connectivity index (χ1v) is 7.59. The molecule has 0 heterocycles. The second kappa shape index (κ2) is 6.75. The molecule has 2 nitrogen and oxygen atoms in total. The highest BCUT2D eigenvalue weighted by Gasteiger charge is 2.30. The molecule has 0 amide bonds. The van der Waals surface area contributed by atoms with Gasteiger partial charge in [0, 0.05) is 6.61 Å². The lowest BCUT2D eigenvalue weighted by Crippen LogP contribution is -2.29. The summed E-state index contributed by atoms with van der Waals surface area (Å²) in [5.74, 6) is 1.81. The average Bonchev–Trinajstić information content (AvgIpc) is 2.38. The molecule has 1 N–H and O–H groups in total. The minimum atomic E-state index is -0.00419. The van der Waals surface area contributed by atoms with Gasteiger partial charge in [-0.15, -0.1) is 0 Å². The molecule has 0 aromatic rings.